The van der Waals surface area contributed by atoms with E-state index in [2.05, 4.69) is 23.2 Å². The van der Waals surface area contributed by atoms with Gasteiger partial charge in [0, 0.05) is 42.5 Å². The molecule has 0 spiro atoms. The highest BCUT2D eigenvalue weighted by atomic mass is 32.2. The van der Waals surface area contributed by atoms with Crippen LogP contribution in [0.3, 0.4) is 0 Å². The standard InChI is InChI=1S/C36H39N5O8S/c1-5-23-19-36(23,35(45)39-50(46,47)26-13-14-26)38-34(44)30-17-25(20-41(30)33(43)21-40(3)32(42)6-2)49-31-18-28(22-10-8-7-9-11-22)37-29-16-24(48-4)12-15-27(29)31/h5-12,15-16,18,23,25-26,30H,1-2,13-14,17,19-21H2,3-4H3,(H,38,44)(H,39,45). The van der Waals surface area contributed by atoms with Crippen LogP contribution in [0, 0.1) is 5.92 Å². The molecule has 2 N–H and O–H groups in total. The summed E-state index contributed by atoms with van der Waals surface area (Å²) in [6, 6.07) is 15.6. The number of hydrogen-bond donors (Lipinski definition) is 2. The lowest BCUT2D eigenvalue weighted by atomic mass is 10.1. The van der Waals surface area contributed by atoms with E-state index >= 15 is 0 Å². The van der Waals surface area contributed by atoms with Gasteiger partial charge in [0.15, 0.2) is 0 Å². The fourth-order valence-corrected chi connectivity index (χ4v) is 7.65. The number of pyridine rings is 1. The molecule has 0 bridgehead atoms. The molecule has 4 unspecified atom stereocenters. The third kappa shape index (κ3) is 6.93. The summed E-state index contributed by atoms with van der Waals surface area (Å²) in [5.74, 6) is -1.91. The smallest absolute Gasteiger partial charge is 0.259 e. The van der Waals surface area contributed by atoms with Gasteiger partial charge in [-0.05, 0) is 37.5 Å². The molecule has 13 nitrogen and oxygen atoms in total. The first kappa shape index (κ1) is 34.6. The van der Waals surface area contributed by atoms with Crippen molar-refractivity contribution in [2.24, 2.45) is 5.92 Å². The van der Waals surface area contributed by atoms with Crippen LogP contribution < -0.4 is 19.5 Å². The van der Waals surface area contributed by atoms with E-state index in [1.54, 1.807) is 25.3 Å². The number of rotatable bonds is 13. The highest BCUT2D eigenvalue weighted by Crippen LogP contribution is 2.45. The average molecular weight is 702 g/mol. The number of amides is 4. The van der Waals surface area contributed by atoms with Gasteiger partial charge in [0.2, 0.25) is 27.7 Å². The van der Waals surface area contributed by atoms with E-state index in [9.17, 15) is 27.6 Å². The molecule has 262 valence electrons. The minimum atomic E-state index is -3.88. The summed E-state index contributed by atoms with van der Waals surface area (Å²) in [7, 11) is -0.872. The van der Waals surface area contributed by atoms with Crippen LogP contribution in [0.1, 0.15) is 25.7 Å². The Kier molecular flexibility index (Phi) is 9.40. The van der Waals surface area contributed by atoms with Crippen molar-refractivity contribution in [2.75, 3.05) is 27.2 Å². The zero-order valence-corrected chi connectivity index (χ0v) is 28.6. The number of methoxy groups -OCH3 is 1. The lowest BCUT2D eigenvalue weighted by Gasteiger charge is -2.27. The molecule has 2 aliphatic carbocycles. The number of hydrogen-bond acceptors (Lipinski definition) is 9. The summed E-state index contributed by atoms with van der Waals surface area (Å²) in [5, 5.41) is 2.82. The largest absolute Gasteiger partial charge is 0.497 e. The maximum atomic E-state index is 14.0. The highest BCUT2D eigenvalue weighted by molar-refractivity contribution is 7.91. The van der Waals surface area contributed by atoms with Gasteiger partial charge in [0.1, 0.15) is 29.2 Å². The molecule has 50 heavy (non-hydrogen) atoms. The molecule has 4 amide bonds. The van der Waals surface area contributed by atoms with Crippen LogP contribution in [0.2, 0.25) is 0 Å². The Morgan fingerprint density at radius 2 is 1.84 bits per heavy atom. The third-order valence-corrected chi connectivity index (χ3v) is 11.2. The molecular weight excluding hydrogens is 662 g/mol. The average Bonchev–Trinajstić information content (AvgIpc) is 4.04. The lowest BCUT2D eigenvalue weighted by Crippen LogP contribution is -2.57. The molecule has 6 rings (SSSR count). The summed E-state index contributed by atoms with van der Waals surface area (Å²) in [6.07, 6.45) is 3.03. The SMILES string of the molecule is C=CC(=O)N(C)CC(=O)N1CC(Oc2cc(-c3ccccc3)nc3cc(OC)ccc23)CC1C(=O)NC1(C(=O)NS(=O)(=O)C2CC2)CC1C=C. The molecule has 2 heterocycles. The molecule has 1 aromatic heterocycles. The second kappa shape index (κ2) is 13.6. The van der Waals surface area contributed by atoms with Crippen molar-refractivity contribution in [3.05, 3.63) is 79.9 Å². The number of carbonyl (C=O) groups is 4. The van der Waals surface area contributed by atoms with Crippen LogP contribution in [-0.4, -0.2) is 97.0 Å². The van der Waals surface area contributed by atoms with Crippen LogP contribution in [0.25, 0.3) is 22.2 Å². The van der Waals surface area contributed by atoms with Gasteiger partial charge in [-0.3, -0.25) is 23.9 Å². The predicted molar refractivity (Wildman–Crippen MR) is 185 cm³/mol. The molecule has 0 radical (unpaired) electrons. The molecule has 1 saturated heterocycles. The van der Waals surface area contributed by atoms with Crippen LogP contribution in [0.5, 0.6) is 11.5 Å². The summed E-state index contributed by atoms with van der Waals surface area (Å²) in [6.45, 7) is 6.88. The number of benzene rings is 2. The summed E-state index contributed by atoms with van der Waals surface area (Å²) < 4.78 is 39.4. The topological polar surface area (TPSA) is 164 Å². The van der Waals surface area contributed by atoms with Crippen LogP contribution >= 0.6 is 0 Å². The van der Waals surface area contributed by atoms with Crippen molar-refractivity contribution >= 4 is 44.6 Å². The van der Waals surface area contributed by atoms with E-state index in [1.165, 1.54) is 22.9 Å². The first-order chi connectivity index (χ1) is 23.9. The molecule has 3 aliphatic rings. The first-order valence-corrected chi connectivity index (χ1v) is 17.8. The molecule has 3 fully saturated rings. The minimum Gasteiger partial charge on any atom is -0.497 e. The number of nitrogens with one attached hydrogen (secondary N) is 2. The number of fused-ring (bicyclic) bond motifs is 1. The van der Waals surface area contributed by atoms with Gasteiger partial charge < -0.3 is 24.6 Å². The number of likely N-dealkylation sites (tertiary alicyclic amines) is 1. The van der Waals surface area contributed by atoms with Gasteiger partial charge in [-0.2, -0.15) is 0 Å². The Morgan fingerprint density at radius 3 is 2.48 bits per heavy atom. The highest BCUT2D eigenvalue weighted by Gasteiger charge is 2.62. The van der Waals surface area contributed by atoms with E-state index in [1.807, 2.05) is 36.4 Å². The summed E-state index contributed by atoms with van der Waals surface area (Å²) in [5.41, 5.74) is 0.578. The minimum absolute atomic E-state index is 0.00613. The van der Waals surface area contributed by atoms with E-state index in [0.29, 0.717) is 40.9 Å². The maximum Gasteiger partial charge on any atom is 0.259 e. The van der Waals surface area contributed by atoms with Gasteiger partial charge in [0.25, 0.3) is 5.91 Å². The van der Waals surface area contributed by atoms with Crippen molar-refractivity contribution in [3.63, 3.8) is 0 Å². The number of aromatic nitrogens is 1. The predicted octanol–water partition coefficient (Wildman–Crippen LogP) is 2.57. The normalized spacial score (nSPS) is 22.7. The van der Waals surface area contributed by atoms with Crippen molar-refractivity contribution in [3.8, 4) is 22.8 Å². The fraction of sp³-hybridized carbons (Fsp3) is 0.361. The van der Waals surface area contributed by atoms with Crippen LogP contribution in [0.4, 0.5) is 0 Å². The van der Waals surface area contributed by atoms with E-state index in [-0.39, 0.29) is 25.9 Å². The van der Waals surface area contributed by atoms with Crippen LogP contribution in [0.15, 0.2) is 79.9 Å². The third-order valence-electron chi connectivity index (χ3n) is 9.40. The molecule has 14 heteroatoms. The number of carbonyl (C=O) groups excluding carboxylic acids is 4. The quantitative estimate of drug-likeness (QED) is 0.201. The fourth-order valence-electron chi connectivity index (χ4n) is 6.29. The lowest BCUT2D eigenvalue weighted by molar-refractivity contribution is -0.142. The van der Waals surface area contributed by atoms with E-state index in [0.717, 1.165) is 11.6 Å². The molecule has 2 aromatic carbocycles. The number of nitrogens with zero attached hydrogens (tertiary/aromatic N) is 3. The molecule has 1 aliphatic heterocycles. The molecule has 2 saturated carbocycles. The van der Waals surface area contributed by atoms with Crippen LogP contribution in [-0.2, 0) is 29.2 Å². The molecular formula is C36H39N5O8S. The Bertz CT molecular complexity index is 1980. The van der Waals surface area contributed by atoms with Crippen molar-refractivity contribution in [1.82, 2.24) is 24.8 Å². The Morgan fingerprint density at radius 1 is 1.10 bits per heavy atom. The van der Waals surface area contributed by atoms with Gasteiger partial charge in [-0.25, -0.2) is 13.4 Å². The first-order valence-electron chi connectivity index (χ1n) is 16.3. The van der Waals surface area contributed by atoms with E-state index < -0.39 is 62.5 Å². The van der Waals surface area contributed by atoms with Crippen molar-refractivity contribution in [1.29, 1.82) is 0 Å². The summed E-state index contributed by atoms with van der Waals surface area (Å²) >= 11 is 0. The maximum absolute atomic E-state index is 14.0. The van der Waals surface area contributed by atoms with Crippen molar-refractivity contribution in [2.45, 2.75) is 48.6 Å². The second-order valence-electron chi connectivity index (χ2n) is 12.9. The molecule has 4 atom stereocenters. The Labute approximate surface area is 290 Å². The van der Waals surface area contributed by atoms with Crippen molar-refractivity contribution < 1.29 is 37.1 Å². The number of ether oxygens (including phenoxy) is 2. The van der Waals surface area contributed by atoms with E-state index in [4.69, 9.17) is 14.5 Å². The Hall–Kier alpha value is -5.24. The number of likely N-dealkylation sites (N-methyl/N-ethyl adjacent to an activating group) is 1. The van der Waals surface area contributed by atoms with Gasteiger partial charge >= 0.3 is 0 Å². The Balaban J connectivity index is 1.29. The zero-order chi connectivity index (χ0) is 35.8. The second-order valence-corrected chi connectivity index (χ2v) is 14.8. The van der Waals surface area contributed by atoms with Gasteiger partial charge in [-0.15, -0.1) is 6.58 Å². The summed E-state index contributed by atoms with van der Waals surface area (Å²) in [4.78, 5) is 60.6. The monoisotopic (exact) mass is 701 g/mol. The van der Waals surface area contributed by atoms with Gasteiger partial charge in [0.05, 0.1) is 36.7 Å². The zero-order valence-electron chi connectivity index (χ0n) is 27.8. The number of sulfonamides is 1. The van der Waals surface area contributed by atoms with Gasteiger partial charge in [-0.1, -0.05) is 43.0 Å². The molecule has 3 aromatic rings.